The second-order valence-electron chi connectivity index (χ2n) is 5.12. The predicted octanol–water partition coefficient (Wildman–Crippen LogP) is 2.81. The lowest BCUT2D eigenvalue weighted by Crippen LogP contribution is -2.45. The second kappa shape index (κ2) is 7.06. The quantitative estimate of drug-likeness (QED) is 0.844. The van der Waals surface area contributed by atoms with Gasteiger partial charge in [-0.1, -0.05) is 41.1 Å². The fourth-order valence-electron chi connectivity index (χ4n) is 2.41. The maximum atomic E-state index is 11.5. The molecule has 1 aliphatic rings. The molecule has 1 saturated carbocycles. The summed E-state index contributed by atoms with van der Waals surface area (Å²) in [5, 5.41) is 6.20. The van der Waals surface area contributed by atoms with E-state index in [-0.39, 0.29) is 5.91 Å². The van der Waals surface area contributed by atoms with Crippen molar-refractivity contribution >= 4 is 21.8 Å². The second-order valence-corrected chi connectivity index (χ2v) is 5.97. The number of hydrogen-bond acceptors (Lipinski definition) is 2. The fourth-order valence-corrected chi connectivity index (χ4v) is 3.02. The molecule has 0 aromatic heterocycles. The highest BCUT2D eigenvalue weighted by molar-refractivity contribution is 9.10. The van der Waals surface area contributed by atoms with Crippen molar-refractivity contribution in [1.29, 1.82) is 0 Å². The molecule has 104 valence electrons. The molecular weight excluding hydrogens is 304 g/mol. The van der Waals surface area contributed by atoms with E-state index < -0.39 is 0 Å². The van der Waals surface area contributed by atoms with E-state index in [2.05, 4.69) is 51.7 Å². The molecule has 0 atom stereocenters. The third kappa shape index (κ3) is 4.05. The van der Waals surface area contributed by atoms with E-state index in [9.17, 15) is 4.79 Å². The average molecular weight is 325 g/mol. The average Bonchev–Trinajstić information content (AvgIpc) is 2.36. The first kappa shape index (κ1) is 14.5. The molecule has 1 amide bonds. The minimum atomic E-state index is 0.103. The number of hydrogen-bond donors (Lipinski definition) is 2. The number of carbonyl (C=O) groups excluding carboxylic acids is 1. The lowest BCUT2D eigenvalue weighted by Gasteiger charge is -2.36. The third-order valence-corrected chi connectivity index (χ3v) is 4.33. The van der Waals surface area contributed by atoms with E-state index in [1.807, 2.05) is 6.07 Å². The molecule has 0 heterocycles. The molecule has 4 heteroatoms. The Labute approximate surface area is 123 Å². The maximum Gasteiger partial charge on any atom is 0.233 e. The summed E-state index contributed by atoms with van der Waals surface area (Å²) in [4.78, 5) is 11.5. The van der Waals surface area contributed by atoms with Gasteiger partial charge in [-0.05, 0) is 36.8 Å². The van der Waals surface area contributed by atoms with Crippen LogP contribution in [0.25, 0.3) is 0 Å². The molecule has 1 aromatic carbocycles. The number of carbonyl (C=O) groups is 1. The van der Waals surface area contributed by atoms with Crippen molar-refractivity contribution in [2.75, 3.05) is 13.1 Å². The van der Waals surface area contributed by atoms with Crippen molar-refractivity contribution in [2.45, 2.75) is 38.1 Å². The van der Waals surface area contributed by atoms with Crippen LogP contribution in [-0.2, 0) is 4.79 Å². The molecule has 1 fully saturated rings. The third-order valence-electron chi connectivity index (χ3n) is 3.61. The topological polar surface area (TPSA) is 41.1 Å². The van der Waals surface area contributed by atoms with Gasteiger partial charge < -0.3 is 10.6 Å². The van der Waals surface area contributed by atoms with Gasteiger partial charge in [0.1, 0.15) is 0 Å². The Morgan fingerprint density at radius 1 is 1.37 bits per heavy atom. The Bertz CT molecular complexity index is 430. The van der Waals surface area contributed by atoms with Crippen LogP contribution in [0.4, 0.5) is 0 Å². The van der Waals surface area contributed by atoms with E-state index in [1.165, 1.54) is 10.0 Å². The highest BCUT2D eigenvalue weighted by Gasteiger charge is 2.31. The molecular formula is C15H21BrN2O. The lowest BCUT2D eigenvalue weighted by atomic mass is 9.76. The van der Waals surface area contributed by atoms with Crippen molar-refractivity contribution in [3.8, 4) is 0 Å². The number of halogens is 1. The van der Waals surface area contributed by atoms with Gasteiger partial charge in [-0.2, -0.15) is 0 Å². The number of rotatable bonds is 6. The summed E-state index contributed by atoms with van der Waals surface area (Å²) in [5.41, 5.74) is 1.39. The lowest BCUT2D eigenvalue weighted by molar-refractivity contribution is -0.120. The standard InChI is InChI=1S/C15H21BrN2O/c1-2-7-17-15(19)10-18-12-8-11(9-12)13-5-3-4-6-14(13)16/h3-6,11-12,18H,2,7-10H2,1H3,(H,17,19). The Hall–Kier alpha value is -0.870. The number of amides is 1. The van der Waals surface area contributed by atoms with Crippen molar-refractivity contribution < 1.29 is 4.79 Å². The van der Waals surface area contributed by atoms with Crippen molar-refractivity contribution in [2.24, 2.45) is 0 Å². The molecule has 3 nitrogen and oxygen atoms in total. The zero-order chi connectivity index (χ0) is 13.7. The highest BCUT2D eigenvalue weighted by atomic mass is 79.9. The molecule has 19 heavy (non-hydrogen) atoms. The largest absolute Gasteiger partial charge is 0.355 e. The van der Waals surface area contributed by atoms with Gasteiger partial charge in [-0.3, -0.25) is 4.79 Å². The van der Waals surface area contributed by atoms with E-state index in [0.717, 1.165) is 25.8 Å². The normalized spacial score (nSPS) is 21.8. The van der Waals surface area contributed by atoms with Crippen LogP contribution in [0.15, 0.2) is 28.7 Å². The smallest absolute Gasteiger partial charge is 0.233 e. The minimum Gasteiger partial charge on any atom is -0.355 e. The first-order chi connectivity index (χ1) is 9.20. The summed E-state index contributed by atoms with van der Waals surface area (Å²) in [5.74, 6) is 0.720. The molecule has 1 aromatic rings. The molecule has 0 radical (unpaired) electrons. The van der Waals surface area contributed by atoms with E-state index in [0.29, 0.717) is 18.5 Å². The summed E-state index contributed by atoms with van der Waals surface area (Å²) in [6.07, 6.45) is 3.21. The molecule has 1 aliphatic carbocycles. The van der Waals surface area contributed by atoms with Crippen molar-refractivity contribution in [1.82, 2.24) is 10.6 Å². The van der Waals surface area contributed by atoms with Gasteiger partial charge in [-0.15, -0.1) is 0 Å². The molecule has 2 N–H and O–H groups in total. The molecule has 2 rings (SSSR count). The Kier molecular flexibility index (Phi) is 5.40. The van der Waals surface area contributed by atoms with Crippen LogP contribution in [0.3, 0.4) is 0 Å². The summed E-state index contributed by atoms with van der Waals surface area (Å²) >= 11 is 3.60. The van der Waals surface area contributed by atoms with Crippen molar-refractivity contribution in [3.05, 3.63) is 34.3 Å². The van der Waals surface area contributed by atoms with Gasteiger partial charge in [0.05, 0.1) is 6.54 Å². The Morgan fingerprint density at radius 3 is 2.79 bits per heavy atom. The Balaban J connectivity index is 1.69. The monoisotopic (exact) mass is 324 g/mol. The van der Waals surface area contributed by atoms with Crippen LogP contribution in [-0.4, -0.2) is 25.0 Å². The number of benzene rings is 1. The first-order valence-electron chi connectivity index (χ1n) is 6.95. The Morgan fingerprint density at radius 2 is 2.11 bits per heavy atom. The molecule has 0 aliphatic heterocycles. The van der Waals surface area contributed by atoms with Gasteiger partial charge >= 0.3 is 0 Å². The summed E-state index contributed by atoms with van der Waals surface area (Å²) < 4.78 is 1.19. The summed E-state index contributed by atoms with van der Waals surface area (Å²) in [7, 11) is 0. The summed E-state index contributed by atoms with van der Waals surface area (Å²) in [6.45, 7) is 3.26. The van der Waals surface area contributed by atoms with Crippen LogP contribution in [0.1, 0.15) is 37.7 Å². The SMILES string of the molecule is CCCNC(=O)CNC1CC(c2ccccc2Br)C1. The zero-order valence-electron chi connectivity index (χ0n) is 11.3. The van der Waals surface area contributed by atoms with Gasteiger partial charge in [0.2, 0.25) is 5.91 Å². The summed E-state index contributed by atoms with van der Waals surface area (Å²) in [6, 6.07) is 8.87. The van der Waals surface area contributed by atoms with E-state index in [4.69, 9.17) is 0 Å². The molecule has 0 unspecified atom stereocenters. The molecule has 0 spiro atoms. The molecule has 0 saturated heterocycles. The minimum absolute atomic E-state index is 0.103. The van der Waals surface area contributed by atoms with Crippen molar-refractivity contribution in [3.63, 3.8) is 0 Å². The zero-order valence-corrected chi connectivity index (χ0v) is 12.9. The molecule has 0 bridgehead atoms. The van der Waals surface area contributed by atoms with E-state index >= 15 is 0 Å². The first-order valence-corrected chi connectivity index (χ1v) is 7.74. The van der Waals surface area contributed by atoms with Gasteiger partial charge in [0.15, 0.2) is 0 Å². The van der Waals surface area contributed by atoms with Crippen LogP contribution in [0.2, 0.25) is 0 Å². The van der Waals surface area contributed by atoms with E-state index in [1.54, 1.807) is 0 Å². The van der Waals surface area contributed by atoms with Gasteiger partial charge in [0.25, 0.3) is 0 Å². The van der Waals surface area contributed by atoms with Crippen LogP contribution >= 0.6 is 15.9 Å². The maximum absolute atomic E-state index is 11.5. The predicted molar refractivity (Wildman–Crippen MR) is 81.2 cm³/mol. The van der Waals surface area contributed by atoms with Gasteiger partial charge in [-0.25, -0.2) is 0 Å². The van der Waals surface area contributed by atoms with Crippen LogP contribution in [0.5, 0.6) is 0 Å². The fraction of sp³-hybridized carbons (Fsp3) is 0.533. The highest BCUT2D eigenvalue weighted by Crippen LogP contribution is 2.39. The van der Waals surface area contributed by atoms with Crippen LogP contribution < -0.4 is 10.6 Å². The van der Waals surface area contributed by atoms with Gasteiger partial charge in [0, 0.05) is 17.1 Å². The number of nitrogens with one attached hydrogen (secondary N) is 2. The van der Waals surface area contributed by atoms with Crippen LogP contribution in [0, 0.1) is 0 Å².